The molecule has 13 heavy (non-hydrogen) atoms. The molecule has 0 aromatic carbocycles. The third-order valence-electron chi connectivity index (χ3n) is 2.91. The summed E-state index contributed by atoms with van der Waals surface area (Å²) >= 11 is 0. The van der Waals surface area contributed by atoms with Gasteiger partial charge in [-0.3, -0.25) is 9.59 Å². The monoisotopic (exact) mass is 184 g/mol. The summed E-state index contributed by atoms with van der Waals surface area (Å²) in [5.74, 6) is -0.526. The van der Waals surface area contributed by atoms with Crippen LogP contribution in [0.3, 0.4) is 0 Å². The molecule has 0 spiro atoms. The van der Waals surface area contributed by atoms with E-state index in [1.54, 1.807) is 0 Å². The van der Waals surface area contributed by atoms with Gasteiger partial charge in [-0.2, -0.15) is 0 Å². The molecule has 1 fully saturated rings. The fraction of sp³-hybridized carbons (Fsp3) is 0.778. The molecular formula is C9H16N2O2. The number of primary amides is 2. The number of rotatable bonds is 5. The van der Waals surface area contributed by atoms with Gasteiger partial charge in [-0.1, -0.05) is 6.42 Å². The van der Waals surface area contributed by atoms with E-state index in [0.29, 0.717) is 19.3 Å². The van der Waals surface area contributed by atoms with Crippen LogP contribution >= 0.6 is 0 Å². The Bertz CT molecular complexity index is 222. The van der Waals surface area contributed by atoms with Crippen LogP contribution in [0.1, 0.15) is 38.5 Å². The molecule has 0 saturated heterocycles. The van der Waals surface area contributed by atoms with E-state index in [9.17, 15) is 9.59 Å². The molecular weight excluding hydrogens is 168 g/mol. The average molecular weight is 184 g/mol. The molecule has 0 radical (unpaired) electrons. The highest BCUT2D eigenvalue weighted by molar-refractivity contribution is 5.81. The van der Waals surface area contributed by atoms with Gasteiger partial charge in [0.15, 0.2) is 0 Å². The van der Waals surface area contributed by atoms with Crippen molar-refractivity contribution >= 4 is 11.8 Å². The lowest BCUT2D eigenvalue weighted by atomic mass is 9.65. The summed E-state index contributed by atoms with van der Waals surface area (Å²) in [6.07, 6.45) is 4.57. The van der Waals surface area contributed by atoms with Crippen molar-refractivity contribution in [2.75, 3.05) is 0 Å². The standard InChI is InChI=1S/C9H16N2O2/c10-7(12)3-1-4-9(8(11)13)5-2-6-9/h1-6H2,(H2,10,12)(H2,11,13). The molecule has 0 unspecified atom stereocenters. The highest BCUT2D eigenvalue weighted by Gasteiger charge is 2.41. The molecule has 0 atom stereocenters. The van der Waals surface area contributed by atoms with Gasteiger partial charge in [0.2, 0.25) is 11.8 Å². The minimum absolute atomic E-state index is 0.219. The summed E-state index contributed by atoms with van der Waals surface area (Å²) in [4.78, 5) is 21.6. The van der Waals surface area contributed by atoms with Crippen molar-refractivity contribution in [3.63, 3.8) is 0 Å². The number of hydrogen-bond acceptors (Lipinski definition) is 2. The minimum atomic E-state index is -0.310. The van der Waals surface area contributed by atoms with Crippen LogP contribution in [0.5, 0.6) is 0 Å². The molecule has 2 amide bonds. The summed E-state index contributed by atoms with van der Waals surface area (Å²) in [7, 11) is 0. The zero-order valence-corrected chi connectivity index (χ0v) is 7.71. The Hall–Kier alpha value is -1.06. The van der Waals surface area contributed by atoms with Crippen molar-refractivity contribution < 1.29 is 9.59 Å². The molecule has 74 valence electrons. The van der Waals surface area contributed by atoms with Gasteiger partial charge < -0.3 is 11.5 Å². The van der Waals surface area contributed by atoms with E-state index in [0.717, 1.165) is 19.3 Å². The lowest BCUT2D eigenvalue weighted by Gasteiger charge is -2.38. The number of nitrogens with two attached hydrogens (primary N) is 2. The lowest BCUT2D eigenvalue weighted by molar-refractivity contribution is -0.133. The topological polar surface area (TPSA) is 86.2 Å². The van der Waals surface area contributed by atoms with Gasteiger partial charge in [-0.15, -0.1) is 0 Å². The fourth-order valence-corrected chi connectivity index (χ4v) is 1.82. The second-order valence-corrected chi connectivity index (χ2v) is 3.82. The van der Waals surface area contributed by atoms with E-state index in [1.807, 2.05) is 0 Å². The highest BCUT2D eigenvalue weighted by Crippen LogP contribution is 2.44. The summed E-state index contributed by atoms with van der Waals surface area (Å²) in [5, 5.41) is 0. The first-order valence-corrected chi connectivity index (χ1v) is 4.65. The molecule has 0 aromatic heterocycles. The first-order valence-electron chi connectivity index (χ1n) is 4.65. The molecule has 0 aliphatic heterocycles. The van der Waals surface area contributed by atoms with Gasteiger partial charge in [-0.05, 0) is 25.7 Å². The Morgan fingerprint density at radius 3 is 2.15 bits per heavy atom. The predicted molar refractivity (Wildman–Crippen MR) is 48.5 cm³/mol. The predicted octanol–water partition coefficient (Wildman–Crippen LogP) is 0.298. The first-order chi connectivity index (χ1) is 6.07. The third kappa shape index (κ3) is 2.20. The van der Waals surface area contributed by atoms with Crippen LogP contribution in [-0.2, 0) is 9.59 Å². The van der Waals surface area contributed by atoms with Crippen molar-refractivity contribution in [3.05, 3.63) is 0 Å². The van der Waals surface area contributed by atoms with E-state index in [-0.39, 0.29) is 17.2 Å². The Kier molecular flexibility index (Phi) is 2.90. The molecule has 4 heteroatoms. The van der Waals surface area contributed by atoms with E-state index < -0.39 is 0 Å². The SMILES string of the molecule is NC(=O)CCCC1(C(N)=O)CCC1. The van der Waals surface area contributed by atoms with Gasteiger partial charge in [0.05, 0.1) is 0 Å². The quantitative estimate of drug-likeness (QED) is 0.643. The number of carbonyl (C=O) groups excluding carboxylic acids is 2. The van der Waals surface area contributed by atoms with Crippen LogP contribution in [0.4, 0.5) is 0 Å². The molecule has 1 aliphatic carbocycles. The van der Waals surface area contributed by atoms with Gasteiger partial charge in [-0.25, -0.2) is 0 Å². The van der Waals surface area contributed by atoms with Crippen LogP contribution in [0.2, 0.25) is 0 Å². The smallest absolute Gasteiger partial charge is 0.223 e. The molecule has 1 aliphatic rings. The summed E-state index contributed by atoms with van der Waals surface area (Å²) in [5.41, 5.74) is 9.99. The minimum Gasteiger partial charge on any atom is -0.370 e. The fourth-order valence-electron chi connectivity index (χ4n) is 1.82. The Morgan fingerprint density at radius 1 is 1.23 bits per heavy atom. The maximum atomic E-state index is 11.1. The normalized spacial score (nSPS) is 19.1. The molecule has 0 heterocycles. The molecule has 4 nitrogen and oxygen atoms in total. The van der Waals surface area contributed by atoms with Crippen molar-refractivity contribution in [1.29, 1.82) is 0 Å². The second kappa shape index (κ2) is 3.77. The van der Waals surface area contributed by atoms with Gasteiger partial charge in [0, 0.05) is 11.8 Å². The Morgan fingerprint density at radius 2 is 1.85 bits per heavy atom. The Balaban J connectivity index is 2.32. The number of carbonyl (C=O) groups is 2. The van der Waals surface area contributed by atoms with Crippen LogP contribution in [0.15, 0.2) is 0 Å². The van der Waals surface area contributed by atoms with Crippen molar-refractivity contribution in [3.8, 4) is 0 Å². The van der Waals surface area contributed by atoms with Crippen molar-refractivity contribution in [2.45, 2.75) is 38.5 Å². The van der Waals surface area contributed by atoms with Crippen LogP contribution in [0, 0.1) is 5.41 Å². The van der Waals surface area contributed by atoms with Crippen LogP contribution in [0.25, 0.3) is 0 Å². The molecule has 1 saturated carbocycles. The van der Waals surface area contributed by atoms with Crippen molar-refractivity contribution in [2.24, 2.45) is 16.9 Å². The largest absolute Gasteiger partial charge is 0.370 e. The summed E-state index contributed by atoms with van der Waals surface area (Å²) in [6, 6.07) is 0. The molecule has 1 rings (SSSR count). The van der Waals surface area contributed by atoms with Crippen molar-refractivity contribution in [1.82, 2.24) is 0 Å². The van der Waals surface area contributed by atoms with Gasteiger partial charge >= 0.3 is 0 Å². The number of amides is 2. The summed E-state index contributed by atoms with van der Waals surface area (Å²) < 4.78 is 0. The number of hydrogen-bond donors (Lipinski definition) is 2. The third-order valence-corrected chi connectivity index (χ3v) is 2.91. The molecule has 0 bridgehead atoms. The maximum Gasteiger partial charge on any atom is 0.223 e. The highest BCUT2D eigenvalue weighted by atomic mass is 16.1. The maximum absolute atomic E-state index is 11.1. The van der Waals surface area contributed by atoms with Crippen LogP contribution in [-0.4, -0.2) is 11.8 Å². The van der Waals surface area contributed by atoms with E-state index in [2.05, 4.69) is 0 Å². The first kappa shape index (κ1) is 10.0. The lowest BCUT2D eigenvalue weighted by Crippen LogP contribution is -2.42. The zero-order chi connectivity index (χ0) is 9.90. The zero-order valence-electron chi connectivity index (χ0n) is 7.71. The summed E-state index contributed by atoms with van der Waals surface area (Å²) in [6.45, 7) is 0. The van der Waals surface area contributed by atoms with Gasteiger partial charge in [0.25, 0.3) is 0 Å². The van der Waals surface area contributed by atoms with Crippen LogP contribution < -0.4 is 11.5 Å². The second-order valence-electron chi connectivity index (χ2n) is 3.82. The molecule has 0 aromatic rings. The average Bonchev–Trinajstić information content (AvgIpc) is 1.93. The molecule has 4 N–H and O–H groups in total. The van der Waals surface area contributed by atoms with E-state index in [4.69, 9.17) is 11.5 Å². The van der Waals surface area contributed by atoms with E-state index in [1.165, 1.54) is 0 Å². The van der Waals surface area contributed by atoms with Gasteiger partial charge in [0.1, 0.15) is 0 Å². The van der Waals surface area contributed by atoms with E-state index >= 15 is 0 Å². The Labute approximate surface area is 77.7 Å².